The zero-order valence-electron chi connectivity index (χ0n) is 13.6. The van der Waals surface area contributed by atoms with Crippen LogP contribution >= 0.6 is 0 Å². The second-order valence-corrected chi connectivity index (χ2v) is 5.62. The van der Waals surface area contributed by atoms with Gasteiger partial charge in [-0.2, -0.15) is 0 Å². The Kier molecular flexibility index (Phi) is 5.03. The van der Waals surface area contributed by atoms with Crippen LogP contribution in [0, 0.1) is 20.8 Å². The van der Waals surface area contributed by atoms with Crippen molar-refractivity contribution in [1.82, 2.24) is 4.90 Å². The summed E-state index contributed by atoms with van der Waals surface area (Å²) in [5, 5.41) is 10.3. The number of hydrogen-bond donors (Lipinski definition) is 1. The molecule has 0 bridgehead atoms. The number of hydrogen-bond acceptors (Lipinski definition) is 3. The van der Waals surface area contributed by atoms with Gasteiger partial charge in [-0.1, -0.05) is 29.8 Å². The largest absolute Gasteiger partial charge is 0.456 e. The highest BCUT2D eigenvalue weighted by atomic mass is 16.4. The fourth-order valence-electron chi connectivity index (χ4n) is 2.29. The maximum Gasteiger partial charge on any atom is 0.289 e. The van der Waals surface area contributed by atoms with Crippen LogP contribution in [0.15, 0.2) is 34.7 Å². The van der Waals surface area contributed by atoms with Crippen molar-refractivity contribution in [3.8, 4) is 0 Å². The van der Waals surface area contributed by atoms with E-state index in [1.54, 1.807) is 11.0 Å². The summed E-state index contributed by atoms with van der Waals surface area (Å²) in [6.45, 7) is 8.40. The van der Waals surface area contributed by atoms with Crippen LogP contribution in [0.2, 0.25) is 0 Å². The first-order valence-corrected chi connectivity index (χ1v) is 7.53. The highest BCUT2D eigenvalue weighted by Crippen LogP contribution is 2.19. The third-order valence-electron chi connectivity index (χ3n) is 3.90. The molecule has 0 aliphatic rings. The lowest BCUT2D eigenvalue weighted by atomic mass is 10.1. The molecule has 2 rings (SSSR count). The molecule has 1 aromatic carbocycles. The number of rotatable bonds is 5. The average Bonchev–Trinajstić information content (AvgIpc) is 2.84. The van der Waals surface area contributed by atoms with Crippen molar-refractivity contribution in [2.24, 2.45) is 0 Å². The summed E-state index contributed by atoms with van der Waals surface area (Å²) in [6, 6.07) is 9.43. The van der Waals surface area contributed by atoms with Crippen molar-refractivity contribution in [3.05, 3.63) is 58.5 Å². The maximum atomic E-state index is 12.5. The molecule has 1 unspecified atom stereocenters. The van der Waals surface area contributed by atoms with Gasteiger partial charge in [0.05, 0.1) is 12.6 Å². The SMILES string of the molecule is CCN(CC(O)c1ccc(C)cc1)C(=O)c1cc(C)c(C)o1. The zero-order chi connectivity index (χ0) is 16.3. The molecular formula is C18H23NO3. The van der Waals surface area contributed by atoms with E-state index in [-0.39, 0.29) is 12.5 Å². The van der Waals surface area contributed by atoms with E-state index in [0.717, 1.165) is 22.5 Å². The third-order valence-corrected chi connectivity index (χ3v) is 3.90. The number of aliphatic hydroxyl groups excluding tert-OH is 1. The average molecular weight is 301 g/mol. The highest BCUT2D eigenvalue weighted by molar-refractivity contribution is 5.91. The van der Waals surface area contributed by atoms with Crippen LogP contribution in [0.25, 0.3) is 0 Å². The molecule has 1 amide bonds. The first-order valence-electron chi connectivity index (χ1n) is 7.53. The molecule has 0 fully saturated rings. The smallest absolute Gasteiger partial charge is 0.289 e. The Hall–Kier alpha value is -2.07. The van der Waals surface area contributed by atoms with E-state index in [2.05, 4.69) is 0 Å². The van der Waals surface area contributed by atoms with Gasteiger partial charge in [-0.3, -0.25) is 4.79 Å². The first-order chi connectivity index (χ1) is 10.4. The Morgan fingerprint density at radius 2 is 1.86 bits per heavy atom. The van der Waals surface area contributed by atoms with Gasteiger partial charge in [-0.05, 0) is 44.9 Å². The van der Waals surface area contributed by atoms with Crippen molar-refractivity contribution in [2.45, 2.75) is 33.8 Å². The van der Waals surface area contributed by atoms with Crippen molar-refractivity contribution in [1.29, 1.82) is 0 Å². The van der Waals surface area contributed by atoms with Gasteiger partial charge in [0.1, 0.15) is 5.76 Å². The fraction of sp³-hybridized carbons (Fsp3) is 0.389. The maximum absolute atomic E-state index is 12.5. The summed E-state index contributed by atoms with van der Waals surface area (Å²) in [4.78, 5) is 14.1. The summed E-state index contributed by atoms with van der Waals surface area (Å²) in [6.07, 6.45) is -0.707. The van der Waals surface area contributed by atoms with E-state index in [0.29, 0.717) is 12.3 Å². The second-order valence-electron chi connectivity index (χ2n) is 5.62. The Morgan fingerprint density at radius 3 is 2.36 bits per heavy atom. The first kappa shape index (κ1) is 16.3. The van der Waals surface area contributed by atoms with Gasteiger partial charge in [0.15, 0.2) is 5.76 Å². The van der Waals surface area contributed by atoms with Crippen LogP contribution in [0.4, 0.5) is 0 Å². The number of amides is 1. The van der Waals surface area contributed by atoms with Gasteiger partial charge < -0.3 is 14.4 Å². The minimum Gasteiger partial charge on any atom is -0.456 e. The van der Waals surface area contributed by atoms with Crippen molar-refractivity contribution < 1.29 is 14.3 Å². The lowest BCUT2D eigenvalue weighted by Crippen LogP contribution is -2.34. The zero-order valence-corrected chi connectivity index (χ0v) is 13.6. The lowest BCUT2D eigenvalue weighted by molar-refractivity contribution is 0.0604. The number of benzene rings is 1. The van der Waals surface area contributed by atoms with Crippen LogP contribution in [0.3, 0.4) is 0 Å². The normalized spacial score (nSPS) is 12.2. The number of aliphatic hydroxyl groups is 1. The minimum atomic E-state index is -0.707. The summed E-state index contributed by atoms with van der Waals surface area (Å²) >= 11 is 0. The van der Waals surface area contributed by atoms with E-state index in [1.165, 1.54) is 0 Å². The van der Waals surface area contributed by atoms with E-state index >= 15 is 0 Å². The fourth-order valence-corrected chi connectivity index (χ4v) is 2.29. The number of nitrogens with zero attached hydrogens (tertiary/aromatic N) is 1. The predicted molar refractivity (Wildman–Crippen MR) is 85.9 cm³/mol. The second kappa shape index (κ2) is 6.79. The van der Waals surface area contributed by atoms with Gasteiger partial charge in [-0.15, -0.1) is 0 Å². The number of likely N-dealkylation sites (N-methyl/N-ethyl adjacent to an activating group) is 1. The minimum absolute atomic E-state index is 0.190. The van der Waals surface area contributed by atoms with E-state index in [9.17, 15) is 9.90 Å². The van der Waals surface area contributed by atoms with Crippen molar-refractivity contribution in [3.63, 3.8) is 0 Å². The molecule has 0 aliphatic carbocycles. The standard InChI is InChI=1S/C18H23NO3/c1-5-19(18(21)17-10-13(3)14(4)22-17)11-16(20)15-8-6-12(2)7-9-15/h6-10,16,20H,5,11H2,1-4H3. The summed E-state index contributed by atoms with van der Waals surface area (Å²) in [5.41, 5.74) is 2.91. The topological polar surface area (TPSA) is 53.7 Å². The molecule has 4 heteroatoms. The molecule has 0 spiro atoms. The molecule has 2 aromatic rings. The van der Waals surface area contributed by atoms with E-state index < -0.39 is 6.10 Å². The molecule has 0 radical (unpaired) electrons. The summed E-state index contributed by atoms with van der Waals surface area (Å²) in [5.74, 6) is 0.885. The Morgan fingerprint density at radius 1 is 1.23 bits per heavy atom. The third kappa shape index (κ3) is 3.57. The number of carbonyl (C=O) groups is 1. The van der Waals surface area contributed by atoms with Gasteiger partial charge in [0, 0.05) is 6.54 Å². The molecule has 0 saturated carbocycles. The van der Waals surface area contributed by atoms with Crippen LogP contribution in [-0.4, -0.2) is 29.0 Å². The van der Waals surface area contributed by atoms with Gasteiger partial charge >= 0.3 is 0 Å². The van der Waals surface area contributed by atoms with Gasteiger partial charge in [-0.25, -0.2) is 0 Å². The number of aryl methyl sites for hydroxylation is 3. The van der Waals surface area contributed by atoms with Crippen LogP contribution in [-0.2, 0) is 0 Å². The molecule has 1 N–H and O–H groups in total. The van der Waals surface area contributed by atoms with Gasteiger partial charge in [0.2, 0.25) is 0 Å². The van der Waals surface area contributed by atoms with Crippen LogP contribution in [0.1, 0.15) is 46.0 Å². The lowest BCUT2D eigenvalue weighted by Gasteiger charge is -2.23. The quantitative estimate of drug-likeness (QED) is 0.921. The highest BCUT2D eigenvalue weighted by Gasteiger charge is 2.22. The van der Waals surface area contributed by atoms with Crippen molar-refractivity contribution in [2.75, 3.05) is 13.1 Å². The van der Waals surface area contributed by atoms with Gasteiger partial charge in [0.25, 0.3) is 5.91 Å². The van der Waals surface area contributed by atoms with Crippen LogP contribution < -0.4 is 0 Å². The Balaban J connectivity index is 2.11. The molecule has 1 atom stereocenters. The van der Waals surface area contributed by atoms with E-state index in [1.807, 2.05) is 52.0 Å². The van der Waals surface area contributed by atoms with Crippen molar-refractivity contribution >= 4 is 5.91 Å². The Bertz CT molecular complexity index is 623. The number of carbonyl (C=O) groups excluding carboxylic acids is 1. The van der Waals surface area contributed by atoms with Crippen LogP contribution in [0.5, 0.6) is 0 Å². The summed E-state index contributed by atoms with van der Waals surface area (Å²) < 4.78 is 5.49. The molecule has 1 heterocycles. The molecule has 0 saturated heterocycles. The Labute approximate surface area is 131 Å². The predicted octanol–water partition coefficient (Wildman–Crippen LogP) is 3.40. The molecule has 22 heavy (non-hydrogen) atoms. The van der Waals surface area contributed by atoms with E-state index in [4.69, 9.17) is 4.42 Å². The molecule has 1 aromatic heterocycles. The summed E-state index contributed by atoms with van der Waals surface area (Å²) in [7, 11) is 0. The molecule has 118 valence electrons. The molecule has 0 aliphatic heterocycles. The monoisotopic (exact) mass is 301 g/mol. The number of furan rings is 1. The molecule has 4 nitrogen and oxygen atoms in total. The molecular weight excluding hydrogens is 278 g/mol.